The van der Waals surface area contributed by atoms with Gasteiger partial charge in [-0.2, -0.15) is 0 Å². The molecule has 7 heteroatoms. The number of rotatable bonds is 7. The molecule has 144 valence electrons. The van der Waals surface area contributed by atoms with Crippen LogP contribution in [0, 0.1) is 0 Å². The van der Waals surface area contributed by atoms with E-state index in [0.29, 0.717) is 29.5 Å². The van der Waals surface area contributed by atoms with Crippen LogP contribution in [0.2, 0.25) is 0 Å². The minimum atomic E-state index is -0.327. The summed E-state index contributed by atoms with van der Waals surface area (Å²) < 4.78 is 16.8. The van der Waals surface area contributed by atoms with Gasteiger partial charge in [-0.15, -0.1) is 0 Å². The van der Waals surface area contributed by atoms with Gasteiger partial charge in [0.1, 0.15) is 5.75 Å². The molecule has 3 aromatic rings. The molecule has 0 fully saturated rings. The molecular weight excluding hydrogens is 424 g/mol. The average molecular weight is 443 g/mol. The molecule has 0 radical (unpaired) electrons. The second-order valence-electron chi connectivity index (χ2n) is 5.80. The molecule has 0 saturated heterocycles. The van der Waals surface area contributed by atoms with E-state index >= 15 is 0 Å². The molecular formula is C21H19BrN2O4. The van der Waals surface area contributed by atoms with E-state index in [-0.39, 0.29) is 12.4 Å². The third-order valence-electron chi connectivity index (χ3n) is 3.92. The maximum atomic E-state index is 12.1. The summed E-state index contributed by atoms with van der Waals surface area (Å²) in [5.74, 6) is 0.875. The van der Waals surface area contributed by atoms with Crippen molar-refractivity contribution in [3.05, 3.63) is 65.1 Å². The number of aromatic nitrogens is 1. The van der Waals surface area contributed by atoms with Crippen LogP contribution in [-0.4, -0.2) is 30.4 Å². The van der Waals surface area contributed by atoms with Crippen LogP contribution in [0.5, 0.6) is 5.75 Å². The fourth-order valence-corrected chi connectivity index (χ4v) is 3.08. The van der Waals surface area contributed by atoms with Crippen molar-refractivity contribution in [3.63, 3.8) is 0 Å². The van der Waals surface area contributed by atoms with Crippen molar-refractivity contribution in [2.45, 2.75) is 13.3 Å². The Labute approximate surface area is 171 Å². The summed E-state index contributed by atoms with van der Waals surface area (Å²) in [4.78, 5) is 20.7. The topological polar surface area (TPSA) is 73.9 Å². The van der Waals surface area contributed by atoms with Crippen molar-refractivity contribution in [3.8, 4) is 17.1 Å². The minimum absolute atomic E-state index is 0.0659. The predicted octanol–water partition coefficient (Wildman–Crippen LogP) is 5.19. The number of esters is 1. The number of hydrogen-bond donors (Lipinski definition) is 0. The molecule has 0 bridgehead atoms. The second kappa shape index (κ2) is 9.32. The fourth-order valence-electron chi connectivity index (χ4n) is 2.68. The molecule has 0 unspecified atom stereocenters. The lowest BCUT2D eigenvalue weighted by Crippen LogP contribution is -2.12. The van der Waals surface area contributed by atoms with Crippen molar-refractivity contribution in [2.75, 3.05) is 13.7 Å². The molecule has 0 aliphatic rings. The van der Waals surface area contributed by atoms with Gasteiger partial charge >= 0.3 is 5.97 Å². The van der Waals surface area contributed by atoms with E-state index in [9.17, 15) is 4.79 Å². The van der Waals surface area contributed by atoms with Crippen LogP contribution < -0.4 is 4.74 Å². The Morgan fingerprint density at radius 1 is 1.25 bits per heavy atom. The zero-order chi connectivity index (χ0) is 19.9. The summed E-state index contributed by atoms with van der Waals surface area (Å²) in [7, 11) is 1.58. The number of aliphatic imine (C=N–C) groups is 1. The highest BCUT2D eigenvalue weighted by Gasteiger charge is 2.14. The van der Waals surface area contributed by atoms with Gasteiger partial charge in [-0.25, -0.2) is 4.98 Å². The van der Waals surface area contributed by atoms with Crippen molar-refractivity contribution >= 4 is 33.3 Å². The van der Waals surface area contributed by atoms with E-state index in [1.54, 1.807) is 26.3 Å². The van der Waals surface area contributed by atoms with Gasteiger partial charge in [0.25, 0.3) is 0 Å². The van der Waals surface area contributed by atoms with Crippen LogP contribution in [0.4, 0.5) is 5.69 Å². The Kier molecular flexibility index (Phi) is 6.60. The predicted molar refractivity (Wildman–Crippen MR) is 110 cm³/mol. The molecule has 0 saturated carbocycles. The van der Waals surface area contributed by atoms with E-state index in [0.717, 1.165) is 15.6 Å². The summed E-state index contributed by atoms with van der Waals surface area (Å²) >= 11 is 3.46. The highest BCUT2D eigenvalue weighted by Crippen LogP contribution is 2.33. The van der Waals surface area contributed by atoms with Gasteiger partial charge in [0, 0.05) is 10.5 Å². The summed E-state index contributed by atoms with van der Waals surface area (Å²) in [5, 5.41) is 0. The summed E-state index contributed by atoms with van der Waals surface area (Å²) in [6.45, 7) is 2.10. The number of carbonyl (C=O) groups is 1. The summed E-state index contributed by atoms with van der Waals surface area (Å²) in [5.41, 5.74) is 2.86. The maximum absolute atomic E-state index is 12.1. The Hall–Kier alpha value is -2.93. The van der Waals surface area contributed by atoms with Crippen molar-refractivity contribution in [1.82, 2.24) is 4.98 Å². The van der Waals surface area contributed by atoms with Crippen LogP contribution >= 0.6 is 15.9 Å². The lowest BCUT2D eigenvalue weighted by atomic mass is 10.1. The summed E-state index contributed by atoms with van der Waals surface area (Å²) in [6, 6.07) is 13.1. The van der Waals surface area contributed by atoms with Crippen LogP contribution in [-0.2, 0) is 9.53 Å². The van der Waals surface area contributed by atoms with E-state index in [2.05, 4.69) is 20.9 Å². The smallest absolute Gasteiger partial charge is 0.311 e. The van der Waals surface area contributed by atoms with Gasteiger partial charge in [0.05, 0.1) is 43.3 Å². The number of halogens is 1. The zero-order valence-electron chi connectivity index (χ0n) is 15.5. The first-order chi connectivity index (χ1) is 13.6. The van der Waals surface area contributed by atoms with Gasteiger partial charge in [0.2, 0.25) is 0 Å². The van der Waals surface area contributed by atoms with Crippen molar-refractivity contribution < 1.29 is 18.7 Å². The van der Waals surface area contributed by atoms with Crippen molar-refractivity contribution in [1.29, 1.82) is 0 Å². The third kappa shape index (κ3) is 4.86. The van der Waals surface area contributed by atoms with E-state index in [1.807, 2.05) is 36.4 Å². The highest BCUT2D eigenvalue weighted by molar-refractivity contribution is 9.10. The Morgan fingerprint density at radius 3 is 2.79 bits per heavy atom. The first kappa shape index (κ1) is 19.8. The molecule has 0 amide bonds. The second-order valence-corrected chi connectivity index (χ2v) is 6.72. The van der Waals surface area contributed by atoms with Crippen LogP contribution in [0.1, 0.15) is 18.9 Å². The molecule has 1 aromatic heterocycles. The zero-order valence-corrected chi connectivity index (χ0v) is 17.1. The van der Waals surface area contributed by atoms with E-state index in [1.165, 1.54) is 6.39 Å². The normalized spacial score (nSPS) is 11.3. The van der Waals surface area contributed by atoms with Crippen LogP contribution in [0.15, 0.2) is 68.9 Å². The number of hydrogen-bond acceptors (Lipinski definition) is 6. The molecule has 0 atom stereocenters. The molecule has 1 heterocycles. The number of carbonyl (C=O) groups excluding carboxylic acids is 1. The van der Waals surface area contributed by atoms with Crippen LogP contribution in [0.25, 0.3) is 11.3 Å². The number of benzene rings is 2. The Balaban J connectivity index is 2.00. The molecule has 0 spiro atoms. The molecule has 6 nitrogen and oxygen atoms in total. The lowest BCUT2D eigenvalue weighted by Gasteiger charge is -2.10. The van der Waals surface area contributed by atoms with Gasteiger partial charge in [0.15, 0.2) is 12.2 Å². The standard InChI is InChI=1S/C21H19BrN2O4/c1-3-27-21(25)11-18(14-5-4-6-15(22)9-14)24-16-7-8-17(19(10-16)26-2)20-12-23-13-28-20/h4-10,12-13H,3,11H2,1-2H3. The van der Waals surface area contributed by atoms with Gasteiger partial charge in [-0.3, -0.25) is 9.79 Å². The molecule has 0 N–H and O–H groups in total. The SMILES string of the molecule is CCOC(=O)CC(=Nc1ccc(-c2cnco2)c(OC)c1)c1cccc(Br)c1. The van der Waals surface area contributed by atoms with Gasteiger partial charge in [-0.1, -0.05) is 28.1 Å². The molecule has 0 aliphatic carbocycles. The first-order valence-corrected chi connectivity index (χ1v) is 9.46. The monoisotopic (exact) mass is 442 g/mol. The molecule has 28 heavy (non-hydrogen) atoms. The van der Waals surface area contributed by atoms with Gasteiger partial charge in [-0.05, 0) is 36.8 Å². The van der Waals surface area contributed by atoms with Gasteiger partial charge < -0.3 is 13.9 Å². The molecule has 2 aromatic carbocycles. The molecule has 3 rings (SSSR count). The lowest BCUT2D eigenvalue weighted by molar-refractivity contribution is -0.141. The Morgan fingerprint density at radius 2 is 2.11 bits per heavy atom. The fraction of sp³-hybridized carbons (Fsp3) is 0.190. The van der Waals surface area contributed by atoms with E-state index in [4.69, 9.17) is 18.9 Å². The quantitative estimate of drug-likeness (QED) is 0.371. The first-order valence-electron chi connectivity index (χ1n) is 8.66. The maximum Gasteiger partial charge on any atom is 0.311 e. The number of nitrogens with zero attached hydrogens (tertiary/aromatic N) is 2. The Bertz CT molecular complexity index is 984. The largest absolute Gasteiger partial charge is 0.496 e. The minimum Gasteiger partial charge on any atom is -0.496 e. The third-order valence-corrected chi connectivity index (χ3v) is 4.42. The average Bonchev–Trinajstić information content (AvgIpc) is 3.22. The highest BCUT2D eigenvalue weighted by atomic mass is 79.9. The number of methoxy groups -OCH3 is 1. The molecule has 0 aliphatic heterocycles. The van der Waals surface area contributed by atoms with E-state index < -0.39 is 0 Å². The van der Waals surface area contributed by atoms with Crippen molar-refractivity contribution in [2.24, 2.45) is 4.99 Å². The summed E-state index contributed by atoms with van der Waals surface area (Å²) in [6.07, 6.45) is 3.05. The number of ether oxygens (including phenoxy) is 2. The number of oxazole rings is 1. The van der Waals surface area contributed by atoms with Crippen LogP contribution in [0.3, 0.4) is 0 Å².